The maximum Gasteiger partial charge on any atom is 0.405 e. The Balaban J connectivity index is 1.95. The first-order valence-electron chi connectivity index (χ1n) is 6.31. The summed E-state index contributed by atoms with van der Waals surface area (Å²) in [6.45, 7) is 1.15. The number of rotatable bonds is 4. The van der Waals surface area contributed by atoms with Crippen molar-refractivity contribution >= 4 is 5.91 Å². The molecule has 1 atom stereocenters. The van der Waals surface area contributed by atoms with Crippen molar-refractivity contribution in [3.8, 4) is 0 Å². The molecule has 2 N–H and O–H groups in total. The molecular formula is C12H16F3N3O2. The van der Waals surface area contributed by atoms with E-state index in [9.17, 15) is 18.0 Å². The maximum absolute atomic E-state index is 13.1. The Morgan fingerprint density at radius 3 is 2.70 bits per heavy atom. The fourth-order valence-electron chi connectivity index (χ4n) is 2.13. The molecule has 2 heterocycles. The Morgan fingerprint density at radius 1 is 1.45 bits per heavy atom. The first-order chi connectivity index (χ1) is 9.48. The van der Waals surface area contributed by atoms with E-state index in [2.05, 4.69) is 10.6 Å². The van der Waals surface area contributed by atoms with E-state index in [1.807, 2.05) is 0 Å². The number of carbonyl (C=O) groups excluding carboxylic acids is 1. The first kappa shape index (κ1) is 14.9. The lowest BCUT2D eigenvalue weighted by Crippen LogP contribution is -2.57. The molecule has 0 radical (unpaired) electrons. The highest BCUT2D eigenvalue weighted by molar-refractivity contribution is 5.91. The van der Waals surface area contributed by atoms with Gasteiger partial charge in [-0.3, -0.25) is 9.69 Å². The molecule has 0 aromatic carbocycles. The largest absolute Gasteiger partial charge is 0.459 e. The molecule has 8 heteroatoms. The van der Waals surface area contributed by atoms with Gasteiger partial charge in [0.15, 0.2) is 5.76 Å². The molecule has 1 amide bonds. The van der Waals surface area contributed by atoms with E-state index >= 15 is 0 Å². The first-order valence-corrected chi connectivity index (χ1v) is 6.31. The average Bonchev–Trinajstić information content (AvgIpc) is 2.92. The number of piperazine rings is 1. The van der Waals surface area contributed by atoms with Crippen LogP contribution in [0.5, 0.6) is 0 Å². The molecule has 0 bridgehead atoms. The summed E-state index contributed by atoms with van der Waals surface area (Å²) in [5, 5.41) is 5.27. The highest BCUT2D eigenvalue weighted by Crippen LogP contribution is 2.24. The van der Waals surface area contributed by atoms with Crippen LogP contribution in [0.15, 0.2) is 22.8 Å². The van der Waals surface area contributed by atoms with Gasteiger partial charge in [0.25, 0.3) is 5.91 Å². The monoisotopic (exact) mass is 291 g/mol. The zero-order chi connectivity index (χ0) is 14.6. The smallest absolute Gasteiger partial charge is 0.405 e. The van der Waals surface area contributed by atoms with E-state index in [-0.39, 0.29) is 5.76 Å². The molecule has 2 rings (SSSR count). The van der Waals surface area contributed by atoms with Gasteiger partial charge in [-0.2, -0.15) is 13.2 Å². The maximum atomic E-state index is 13.1. The summed E-state index contributed by atoms with van der Waals surface area (Å²) in [7, 11) is 0. The topological polar surface area (TPSA) is 57.5 Å². The van der Waals surface area contributed by atoms with Crippen molar-refractivity contribution in [1.29, 1.82) is 0 Å². The second-order valence-corrected chi connectivity index (χ2v) is 4.53. The third kappa shape index (κ3) is 3.73. The molecular weight excluding hydrogens is 275 g/mol. The normalized spacial score (nSPS) is 18.8. The Bertz CT molecular complexity index is 428. The van der Waals surface area contributed by atoms with E-state index in [0.717, 1.165) is 0 Å². The average molecular weight is 291 g/mol. The summed E-state index contributed by atoms with van der Waals surface area (Å²) in [6.07, 6.45) is -3.08. The van der Waals surface area contributed by atoms with Crippen molar-refractivity contribution < 1.29 is 22.4 Å². The van der Waals surface area contributed by atoms with E-state index in [0.29, 0.717) is 26.2 Å². The summed E-state index contributed by atoms with van der Waals surface area (Å²) in [4.78, 5) is 12.9. The molecule has 1 aliphatic rings. The number of hydrogen-bond donors (Lipinski definition) is 2. The molecule has 0 aliphatic carbocycles. The molecule has 1 saturated heterocycles. The number of amides is 1. The molecule has 112 valence electrons. The van der Waals surface area contributed by atoms with E-state index < -0.39 is 24.7 Å². The molecule has 0 spiro atoms. The van der Waals surface area contributed by atoms with Crippen LogP contribution < -0.4 is 10.6 Å². The number of nitrogens with one attached hydrogen (secondary N) is 2. The minimum Gasteiger partial charge on any atom is -0.459 e. The van der Waals surface area contributed by atoms with Crippen molar-refractivity contribution in [2.75, 3.05) is 32.7 Å². The minimum absolute atomic E-state index is 0.00577. The van der Waals surface area contributed by atoms with Crippen LogP contribution in [0, 0.1) is 0 Å². The summed E-state index contributed by atoms with van der Waals surface area (Å²) in [5.41, 5.74) is 0. The van der Waals surface area contributed by atoms with Crippen LogP contribution >= 0.6 is 0 Å². The number of nitrogens with zero attached hydrogens (tertiary/aromatic N) is 1. The fraction of sp³-hybridized carbons (Fsp3) is 0.583. The molecule has 20 heavy (non-hydrogen) atoms. The Hall–Kier alpha value is -1.54. The molecule has 1 unspecified atom stereocenters. The predicted molar refractivity (Wildman–Crippen MR) is 65.3 cm³/mol. The van der Waals surface area contributed by atoms with Gasteiger partial charge in [0.1, 0.15) is 6.04 Å². The Kier molecular flexibility index (Phi) is 4.66. The van der Waals surface area contributed by atoms with E-state index in [1.54, 1.807) is 0 Å². The molecule has 1 aromatic heterocycles. The quantitative estimate of drug-likeness (QED) is 0.863. The molecule has 1 fully saturated rings. The highest BCUT2D eigenvalue weighted by atomic mass is 19.4. The second kappa shape index (κ2) is 6.27. The van der Waals surface area contributed by atoms with Crippen LogP contribution in [-0.4, -0.2) is 55.7 Å². The fourth-order valence-corrected chi connectivity index (χ4v) is 2.13. The number of furan rings is 1. The molecule has 0 saturated carbocycles. The van der Waals surface area contributed by atoms with Crippen molar-refractivity contribution in [2.24, 2.45) is 0 Å². The predicted octanol–water partition coefficient (Wildman–Crippen LogP) is 0.845. The van der Waals surface area contributed by atoms with Crippen molar-refractivity contribution in [3.05, 3.63) is 24.2 Å². The number of halogens is 3. The third-order valence-corrected chi connectivity index (χ3v) is 3.17. The SMILES string of the molecule is O=C(NCC(N1CCNCC1)C(F)(F)F)c1ccco1. The summed E-state index contributed by atoms with van der Waals surface area (Å²) in [6, 6.07) is 1.23. The van der Waals surface area contributed by atoms with Crippen LogP contribution in [0.1, 0.15) is 10.6 Å². The number of carbonyl (C=O) groups is 1. The lowest BCUT2D eigenvalue weighted by atomic mass is 10.2. The zero-order valence-corrected chi connectivity index (χ0v) is 10.7. The van der Waals surface area contributed by atoms with Gasteiger partial charge in [-0.1, -0.05) is 0 Å². The summed E-state index contributed by atoms with van der Waals surface area (Å²) in [5.74, 6) is -0.634. The standard InChI is InChI=1S/C12H16F3N3O2/c13-12(14,15)10(18-5-3-16-4-6-18)8-17-11(19)9-2-1-7-20-9/h1-2,7,10,16H,3-6,8H2,(H,17,19). The Morgan fingerprint density at radius 2 is 2.15 bits per heavy atom. The number of alkyl halides is 3. The molecule has 1 aliphatic heterocycles. The lowest BCUT2D eigenvalue weighted by Gasteiger charge is -2.35. The van der Waals surface area contributed by atoms with Gasteiger partial charge in [-0.25, -0.2) is 0 Å². The van der Waals surface area contributed by atoms with Gasteiger partial charge < -0.3 is 15.1 Å². The lowest BCUT2D eigenvalue weighted by molar-refractivity contribution is -0.183. The van der Waals surface area contributed by atoms with Gasteiger partial charge in [0.05, 0.1) is 6.26 Å². The highest BCUT2D eigenvalue weighted by Gasteiger charge is 2.43. The second-order valence-electron chi connectivity index (χ2n) is 4.53. The Labute approximate surface area is 114 Å². The van der Waals surface area contributed by atoms with Gasteiger partial charge >= 0.3 is 6.18 Å². The van der Waals surface area contributed by atoms with Crippen molar-refractivity contribution in [1.82, 2.24) is 15.5 Å². The van der Waals surface area contributed by atoms with Crippen LogP contribution in [0.25, 0.3) is 0 Å². The molecule has 5 nitrogen and oxygen atoms in total. The van der Waals surface area contributed by atoms with Crippen LogP contribution in [0.4, 0.5) is 13.2 Å². The van der Waals surface area contributed by atoms with Crippen LogP contribution in [-0.2, 0) is 0 Å². The van der Waals surface area contributed by atoms with Crippen molar-refractivity contribution in [2.45, 2.75) is 12.2 Å². The van der Waals surface area contributed by atoms with Crippen LogP contribution in [0.2, 0.25) is 0 Å². The minimum atomic E-state index is -4.38. The summed E-state index contributed by atoms with van der Waals surface area (Å²) < 4.78 is 44.0. The van der Waals surface area contributed by atoms with E-state index in [4.69, 9.17) is 4.42 Å². The summed E-state index contributed by atoms with van der Waals surface area (Å²) >= 11 is 0. The third-order valence-electron chi connectivity index (χ3n) is 3.17. The van der Waals surface area contributed by atoms with Gasteiger partial charge in [0, 0.05) is 32.7 Å². The van der Waals surface area contributed by atoms with Gasteiger partial charge in [-0.05, 0) is 12.1 Å². The van der Waals surface area contributed by atoms with Crippen LogP contribution in [0.3, 0.4) is 0 Å². The number of hydrogen-bond acceptors (Lipinski definition) is 4. The van der Waals surface area contributed by atoms with Crippen molar-refractivity contribution in [3.63, 3.8) is 0 Å². The zero-order valence-electron chi connectivity index (χ0n) is 10.7. The van der Waals surface area contributed by atoms with Gasteiger partial charge in [0.2, 0.25) is 0 Å². The van der Waals surface area contributed by atoms with Gasteiger partial charge in [-0.15, -0.1) is 0 Å². The van der Waals surface area contributed by atoms with E-state index in [1.165, 1.54) is 23.3 Å². The molecule has 1 aromatic rings.